The van der Waals surface area contributed by atoms with Gasteiger partial charge in [0, 0.05) is 17.1 Å². The van der Waals surface area contributed by atoms with Crippen LogP contribution >= 0.6 is 11.6 Å². The van der Waals surface area contributed by atoms with E-state index in [2.05, 4.69) is 26.1 Å². The molecular weight excluding hydrogens is 270 g/mol. The quantitative estimate of drug-likeness (QED) is 0.860. The topological polar surface area (TPSA) is 21.3 Å². The van der Waals surface area contributed by atoms with Gasteiger partial charge in [-0.3, -0.25) is 0 Å². The molecule has 0 aliphatic heterocycles. The van der Waals surface area contributed by atoms with Gasteiger partial charge in [0.2, 0.25) is 0 Å². The summed E-state index contributed by atoms with van der Waals surface area (Å²) in [6.07, 6.45) is 4.85. The van der Waals surface area contributed by atoms with E-state index in [4.69, 9.17) is 16.3 Å². The van der Waals surface area contributed by atoms with Crippen molar-refractivity contribution < 1.29 is 4.74 Å². The second-order valence-electron chi connectivity index (χ2n) is 6.91. The Morgan fingerprint density at radius 1 is 1.15 bits per heavy atom. The summed E-state index contributed by atoms with van der Waals surface area (Å²) in [4.78, 5) is 0. The van der Waals surface area contributed by atoms with Crippen molar-refractivity contribution in [1.29, 1.82) is 0 Å². The smallest absolute Gasteiger partial charge is 0.0811 e. The third-order valence-electron chi connectivity index (χ3n) is 3.91. The number of rotatable bonds is 5. The standard InChI is InChI=1S/C17H26ClNO/c1-16(2,3)19-13-17(10-4-5-11-17)20-12-14-6-8-15(18)9-7-14/h6-9,19H,4-5,10-13H2,1-3H3. The van der Waals surface area contributed by atoms with Gasteiger partial charge in [-0.25, -0.2) is 0 Å². The third kappa shape index (κ3) is 4.76. The fraction of sp³-hybridized carbons (Fsp3) is 0.647. The Morgan fingerprint density at radius 3 is 2.30 bits per heavy atom. The zero-order chi connectivity index (χ0) is 14.6. The predicted octanol–water partition coefficient (Wildman–Crippen LogP) is 4.56. The minimum absolute atomic E-state index is 0.00686. The van der Waals surface area contributed by atoms with E-state index in [1.807, 2.05) is 24.3 Å². The Morgan fingerprint density at radius 2 is 1.75 bits per heavy atom. The fourth-order valence-electron chi connectivity index (χ4n) is 2.63. The first-order chi connectivity index (χ1) is 9.39. The zero-order valence-electron chi connectivity index (χ0n) is 12.8. The van der Waals surface area contributed by atoms with Crippen LogP contribution in [-0.4, -0.2) is 17.7 Å². The summed E-state index contributed by atoms with van der Waals surface area (Å²) in [5.41, 5.74) is 1.34. The second kappa shape index (κ2) is 6.46. The van der Waals surface area contributed by atoms with Gasteiger partial charge in [-0.2, -0.15) is 0 Å². The molecule has 112 valence electrons. The average molecular weight is 296 g/mol. The summed E-state index contributed by atoms with van der Waals surface area (Å²) in [5, 5.41) is 4.38. The minimum Gasteiger partial charge on any atom is -0.369 e. The summed E-state index contributed by atoms with van der Waals surface area (Å²) in [7, 11) is 0. The van der Waals surface area contributed by atoms with Gasteiger partial charge in [-0.05, 0) is 51.3 Å². The normalized spacial score (nSPS) is 18.4. The maximum absolute atomic E-state index is 6.31. The van der Waals surface area contributed by atoms with Crippen LogP contribution in [0.2, 0.25) is 5.02 Å². The van der Waals surface area contributed by atoms with Crippen molar-refractivity contribution in [3.63, 3.8) is 0 Å². The van der Waals surface area contributed by atoms with E-state index in [0.717, 1.165) is 24.4 Å². The van der Waals surface area contributed by atoms with Crippen molar-refractivity contribution in [1.82, 2.24) is 5.32 Å². The van der Waals surface area contributed by atoms with Gasteiger partial charge in [-0.15, -0.1) is 0 Å². The molecule has 1 aliphatic carbocycles. The maximum atomic E-state index is 6.31. The van der Waals surface area contributed by atoms with Crippen molar-refractivity contribution in [2.75, 3.05) is 6.54 Å². The van der Waals surface area contributed by atoms with Crippen molar-refractivity contribution in [3.05, 3.63) is 34.9 Å². The van der Waals surface area contributed by atoms with E-state index in [9.17, 15) is 0 Å². The van der Waals surface area contributed by atoms with E-state index in [0.29, 0.717) is 6.61 Å². The van der Waals surface area contributed by atoms with Crippen molar-refractivity contribution >= 4 is 11.6 Å². The van der Waals surface area contributed by atoms with E-state index in [1.165, 1.54) is 18.4 Å². The van der Waals surface area contributed by atoms with Crippen LogP contribution in [0.5, 0.6) is 0 Å². The highest BCUT2D eigenvalue weighted by atomic mass is 35.5. The number of ether oxygens (including phenoxy) is 1. The molecule has 0 saturated heterocycles. The highest BCUT2D eigenvalue weighted by Gasteiger charge is 2.35. The second-order valence-corrected chi connectivity index (χ2v) is 7.35. The first kappa shape index (κ1) is 15.8. The molecule has 0 radical (unpaired) electrons. The molecule has 20 heavy (non-hydrogen) atoms. The molecule has 2 rings (SSSR count). The molecule has 1 N–H and O–H groups in total. The van der Waals surface area contributed by atoms with Gasteiger partial charge in [0.1, 0.15) is 0 Å². The monoisotopic (exact) mass is 295 g/mol. The van der Waals surface area contributed by atoms with Crippen molar-refractivity contribution in [2.45, 2.75) is 64.2 Å². The molecule has 0 unspecified atom stereocenters. The van der Waals surface area contributed by atoms with Crippen LogP contribution in [0.15, 0.2) is 24.3 Å². The molecule has 0 heterocycles. The van der Waals surface area contributed by atoms with E-state index < -0.39 is 0 Å². The van der Waals surface area contributed by atoms with Gasteiger partial charge in [0.15, 0.2) is 0 Å². The minimum atomic E-state index is 0.00686. The number of nitrogens with one attached hydrogen (secondary N) is 1. The molecule has 2 nitrogen and oxygen atoms in total. The summed E-state index contributed by atoms with van der Waals surface area (Å²) >= 11 is 5.92. The molecule has 0 aromatic heterocycles. The van der Waals surface area contributed by atoms with Gasteiger partial charge >= 0.3 is 0 Å². The Labute approximate surface area is 127 Å². The van der Waals surface area contributed by atoms with Crippen molar-refractivity contribution in [3.8, 4) is 0 Å². The summed E-state index contributed by atoms with van der Waals surface area (Å²) in [6.45, 7) is 8.21. The molecule has 0 spiro atoms. The zero-order valence-corrected chi connectivity index (χ0v) is 13.6. The van der Waals surface area contributed by atoms with Gasteiger partial charge < -0.3 is 10.1 Å². The SMILES string of the molecule is CC(C)(C)NCC1(OCc2ccc(Cl)cc2)CCCC1. The Hall–Kier alpha value is -0.570. The third-order valence-corrected chi connectivity index (χ3v) is 4.17. The molecule has 1 fully saturated rings. The Kier molecular flexibility index (Phi) is 5.11. The largest absolute Gasteiger partial charge is 0.369 e. The lowest BCUT2D eigenvalue weighted by atomic mass is 9.99. The lowest BCUT2D eigenvalue weighted by Crippen LogP contribution is -2.47. The Balaban J connectivity index is 1.93. The van der Waals surface area contributed by atoms with Crippen molar-refractivity contribution in [2.24, 2.45) is 0 Å². The summed E-state index contributed by atoms with van der Waals surface area (Å²) in [5.74, 6) is 0. The van der Waals surface area contributed by atoms with Gasteiger partial charge in [0.05, 0.1) is 12.2 Å². The molecule has 1 saturated carbocycles. The lowest BCUT2D eigenvalue weighted by molar-refractivity contribution is -0.0535. The highest BCUT2D eigenvalue weighted by Crippen LogP contribution is 2.34. The molecule has 0 amide bonds. The first-order valence-electron chi connectivity index (χ1n) is 7.52. The van der Waals surface area contributed by atoms with E-state index in [-0.39, 0.29) is 11.1 Å². The highest BCUT2D eigenvalue weighted by molar-refractivity contribution is 6.30. The van der Waals surface area contributed by atoms with Crippen LogP contribution in [-0.2, 0) is 11.3 Å². The molecule has 1 aliphatic rings. The number of hydrogen-bond donors (Lipinski definition) is 1. The molecule has 1 aromatic carbocycles. The Bertz CT molecular complexity index is 416. The van der Waals surface area contributed by atoms with Crippen LogP contribution < -0.4 is 5.32 Å². The van der Waals surface area contributed by atoms with Crippen LogP contribution in [0.25, 0.3) is 0 Å². The summed E-state index contributed by atoms with van der Waals surface area (Å²) in [6, 6.07) is 7.94. The van der Waals surface area contributed by atoms with Crippen LogP contribution in [0, 0.1) is 0 Å². The molecular formula is C17H26ClNO. The molecule has 0 bridgehead atoms. The van der Waals surface area contributed by atoms with E-state index in [1.54, 1.807) is 0 Å². The lowest BCUT2D eigenvalue weighted by Gasteiger charge is -2.33. The first-order valence-corrected chi connectivity index (χ1v) is 7.90. The maximum Gasteiger partial charge on any atom is 0.0811 e. The predicted molar refractivity (Wildman–Crippen MR) is 85.2 cm³/mol. The number of benzene rings is 1. The molecule has 3 heteroatoms. The molecule has 1 aromatic rings. The van der Waals surface area contributed by atoms with Crippen LogP contribution in [0.3, 0.4) is 0 Å². The summed E-state index contributed by atoms with van der Waals surface area (Å²) < 4.78 is 6.31. The number of hydrogen-bond acceptors (Lipinski definition) is 2. The average Bonchev–Trinajstić information content (AvgIpc) is 2.85. The fourth-order valence-corrected chi connectivity index (χ4v) is 2.76. The molecule has 0 atom stereocenters. The van der Waals surface area contributed by atoms with Gasteiger partial charge in [0.25, 0.3) is 0 Å². The number of halogens is 1. The van der Waals surface area contributed by atoms with Gasteiger partial charge in [-0.1, -0.05) is 36.6 Å². The van der Waals surface area contributed by atoms with Crippen LogP contribution in [0.4, 0.5) is 0 Å². The van der Waals surface area contributed by atoms with E-state index >= 15 is 0 Å². The van der Waals surface area contributed by atoms with Crippen LogP contribution in [0.1, 0.15) is 52.0 Å².